The Morgan fingerprint density at radius 1 is 1.20 bits per heavy atom. The predicted molar refractivity (Wildman–Crippen MR) is 59.0 cm³/mol. The molecule has 2 N–H and O–H groups in total. The molecule has 1 rings (SSSR count). The largest absolute Gasteiger partial charge is 0.330 e. The van der Waals surface area contributed by atoms with Gasteiger partial charge < -0.3 is 5.73 Å². The summed E-state index contributed by atoms with van der Waals surface area (Å²) in [6.45, 7) is 4.86. The Morgan fingerprint density at radius 3 is 2.13 bits per heavy atom. The van der Waals surface area contributed by atoms with Crippen LogP contribution in [0.5, 0.6) is 0 Å². The van der Waals surface area contributed by atoms with E-state index in [-0.39, 0.29) is 18.3 Å². The molecule has 90 valence electrons. The van der Waals surface area contributed by atoms with E-state index in [0.29, 0.717) is 25.3 Å². The minimum absolute atomic E-state index is 0.0162. The molecule has 1 saturated carbocycles. The summed E-state index contributed by atoms with van der Waals surface area (Å²) in [6.07, 6.45) is 3.45. The molecule has 0 bridgehead atoms. The SMILES string of the molecule is CCCC(C)C1(CN)CCC(F)(F)CC1. The first-order chi connectivity index (χ1) is 6.96. The van der Waals surface area contributed by atoms with Gasteiger partial charge in [-0.25, -0.2) is 8.78 Å². The Kier molecular flexibility index (Phi) is 4.10. The molecule has 0 amide bonds. The number of halogens is 2. The Balaban J connectivity index is 2.63. The van der Waals surface area contributed by atoms with E-state index in [1.165, 1.54) is 0 Å². The molecule has 0 aromatic rings. The van der Waals surface area contributed by atoms with Gasteiger partial charge in [0.1, 0.15) is 0 Å². The van der Waals surface area contributed by atoms with E-state index in [1.54, 1.807) is 0 Å². The standard InChI is InChI=1S/C12H23F2N/c1-3-4-10(2)11(9-15)5-7-12(13,14)8-6-11/h10H,3-9,15H2,1-2H3. The van der Waals surface area contributed by atoms with Gasteiger partial charge in [0.25, 0.3) is 0 Å². The maximum atomic E-state index is 13.1. The second-order valence-electron chi connectivity index (χ2n) is 5.11. The molecular formula is C12H23F2N. The fourth-order valence-corrected chi connectivity index (χ4v) is 2.75. The molecule has 0 spiro atoms. The van der Waals surface area contributed by atoms with E-state index in [0.717, 1.165) is 12.8 Å². The van der Waals surface area contributed by atoms with Crippen molar-refractivity contribution in [3.63, 3.8) is 0 Å². The van der Waals surface area contributed by atoms with Crippen LogP contribution in [-0.4, -0.2) is 12.5 Å². The fourth-order valence-electron chi connectivity index (χ4n) is 2.75. The van der Waals surface area contributed by atoms with Crippen molar-refractivity contribution in [3.05, 3.63) is 0 Å². The lowest BCUT2D eigenvalue weighted by atomic mass is 9.64. The van der Waals surface area contributed by atoms with E-state index in [2.05, 4.69) is 13.8 Å². The molecule has 1 aliphatic rings. The van der Waals surface area contributed by atoms with Crippen molar-refractivity contribution in [2.75, 3.05) is 6.54 Å². The number of nitrogens with two attached hydrogens (primary N) is 1. The highest BCUT2D eigenvalue weighted by atomic mass is 19.3. The Labute approximate surface area is 91.4 Å². The molecule has 1 atom stereocenters. The van der Waals surface area contributed by atoms with Crippen LogP contribution in [0.3, 0.4) is 0 Å². The van der Waals surface area contributed by atoms with Gasteiger partial charge in [0.2, 0.25) is 5.92 Å². The smallest absolute Gasteiger partial charge is 0.248 e. The molecule has 0 aromatic heterocycles. The first-order valence-corrected chi connectivity index (χ1v) is 6.04. The summed E-state index contributed by atoms with van der Waals surface area (Å²) in [5, 5.41) is 0. The Morgan fingerprint density at radius 2 is 1.73 bits per heavy atom. The summed E-state index contributed by atoms with van der Waals surface area (Å²) >= 11 is 0. The lowest BCUT2D eigenvalue weighted by molar-refractivity contribution is -0.0777. The minimum Gasteiger partial charge on any atom is -0.330 e. The van der Waals surface area contributed by atoms with Crippen LogP contribution in [0.1, 0.15) is 52.4 Å². The van der Waals surface area contributed by atoms with Crippen molar-refractivity contribution >= 4 is 0 Å². The van der Waals surface area contributed by atoms with Gasteiger partial charge in [0.15, 0.2) is 0 Å². The highest BCUT2D eigenvalue weighted by Crippen LogP contribution is 2.48. The number of alkyl halides is 2. The zero-order chi connectivity index (χ0) is 11.5. The van der Waals surface area contributed by atoms with Crippen LogP contribution < -0.4 is 5.73 Å². The highest BCUT2D eigenvalue weighted by molar-refractivity contribution is 4.92. The monoisotopic (exact) mass is 219 g/mol. The summed E-state index contributed by atoms with van der Waals surface area (Å²) in [7, 11) is 0. The summed E-state index contributed by atoms with van der Waals surface area (Å²) < 4.78 is 26.2. The highest BCUT2D eigenvalue weighted by Gasteiger charge is 2.44. The Hall–Kier alpha value is -0.180. The molecule has 0 aromatic carbocycles. The van der Waals surface area contributed by atoms with Crippen LogP contribution in [0.25, 0.3) is 0 Å². The molecule has 1 fully saturated rings. The van der Waals surface area contributed by atoms with Crippen LogP contribution in [0, 0.1) is 11.3 Å². The number of rotatable bonds is 4. The normalized spacial score (nSPS) is 26.2. The first kappa shape index (κ1) is 12.9. The van der Waals surface area contributed by atoms with E-state index in [4.69, 9.17) is 5.73 Å². The van der Waals surface area contributed by atoms with Gasteiger partial charge in [-0.1, -0.05) is 26.7 Å². The third kappa shape index (κ3) is 2.90. The van der Waals surface area contributed by atoms with E-state index < -0.39 is 5.92 Å². The van der Waals surface area contributed by atoms with Crippen LogP contribution in [0.2, 0.25) is 0 Å². The summed E-state index contributed by atoms with van der Waals surface area (Å²) in [6, 6.07) is 0. The lowest BCUT2D eigenvalue weighted by Gasteiger charge is -2.43. The predicted octanol–water partition coefficient (Wildman–Crippen LogP) is 3.58. The minimum atomic E-state index is -2.44. The van der Waals surface area contributed by atoms with Gasteiger partial charge >= 0.3 is 0 Å². The average molecular weight is 219 g/mol. The average Bonchev–Trinajstić information content (AvgIpc) is 2.19. The van der Waals surface area contributed by atoms with Gasteiger partial charge in [-0.2, -0.15) is 0 Å². The molecule has 0 radical (unpaired) electrons. The topological polar surface area (TPSA) is 26.0 Å². The van der Waals surface area contributed by atoms with Crippen molar-refractivity contribution in [2.24, 2.45) is 17.1 Å². The summed E-state index contributed by atoms with van der Waals surface area (Å²) in [4.78, 5) is 0. The molecule has 15 heavy (non-hydrogen) atoms. The molecule has 0 saturated heterocycles. The molecule has 3 heteroatoms. The van der Waals surface area contributed by atoms with Gasteiger partial charge in [-0.15, -0.1) is 0 Å². The Bertz CT molecular complexity index is 194. The van der Waals surface area contributed by atoms with Crippen molar-refractivity contribution in [1.29, 1.82) is 0 Å². The van der Waals surface area contributed by atoms with E-state index in [1.807, 2.05) is 0 Å². The first-order valence-electron chi connectivity index (χ1n) is 6.04. The third-order valence-corrected chi connectivity index (χ3v) is 4.15. The second-order valence-corrected chi connectivity index (χ2v) is 5.11. The van der Waals surface area contributed by atoms with Gasteiger partial charge in [-0.05, 0) is 30.7 Å². The van der Waals surface area contributed by atoms with E-state index >= 15 is 0 Å². The molecule has 0 heterocycles. The van der Waals surface area contributed by atoms with Crippen molar-refractivity contribution in [3.8, 4) is 0 Å². The molecule has 0 aliphatic heterocycles. The maximum Gasteiger partial charge on any atom is 0.248 e. The second kappa shape index (κ2) is 4.77. The molecule has 1 nitrogen and oxygen atoms in total. The summed E-state index contributed by atoms with van der Waals surface area (Å²) in [5.74, 6) is -1.96. The van der Waals surface area contributed by atoms with Crippen molar-refractivity contribution in [2.45, 2.75) is 58.3 Å². The molecule has 1 aliphatic carbocycles. The number of hydrogen-bond donors (Lipinski definition) is 1. The molecular weight excluding hydrogens is 196 g/mol. The fraction of sp³-hybridized carbons (Fsp3) is 1.00. The lowest BCUT2D eigenvalue weighted by Crippen LogP contribution is -2.43. The summed E-state index contributed by atoms with van der Waals surface area (Å²) in [5.41, 5.74) is 5.80. The zero-order valence-electron chi connectivity index (χ0n) is 9.86. The maximum absolute atomic E-state index is 13.1. The molecule has 1 unspecified atom stereocenters. The van der Waals surface area contributed by atoms with Crippen LogP contribution in [-0.2, 0) is 0 Å². The van der Waals surface area contributed by atoms with E-state index in [9.17, 15) is 8.78 Å². The quantitative estimate of drug-likeness (QED) is 0.768. The zero-order valence-corrected chi connectivity index (χ0v) is 9.86. The van der Waals surface area contributed by atoms with Crippen molar-refractivity contribution in [1.82, 2.24) is 0 Å². The van der Waals surface area contributed by atoms with Crippen LogP contribution >= 0.6 is 0 Å². The van der Waals surface area contributed by atoms with Gasteiger partial charge in [0.05, 0.1) is 0 Å². The van der Waals surface area contributed by atoms with Gasteiger partial charge in [-0.3, -0.25) is 0 Å². The number of hydrogen-bond acceptors (Lipinski definition) is 1. The van der Waals surface area contributed by atoms with Crippen LogP contribution in [0.15, 0.2) is 0 Å². The third-order valence-electron chi connectivity index (χ3n) is 4.15. The van der Waals surface area contributed by atoms with Gasteiger partial charge in [0, 0.05) is 12.8 Å². The van der Waals surface area contributed by atoms with Crippen LogP contribution in [0.4, 0.5) is 8.78 Å². The van der Waals surface area contributed by atoms with Crippen molar-refractivity contribution < 1.29 is 8.78 Å².